The summed E-state index contributed by atoms with van der Waals surface area (Å²) < 4.78 is 4.18. The molecule has 5 nitrogen and oxygen atoms in total. The maximum absolute atomic E-state index is 9.87. The zero-order valence-electron chi connectivity index (χ0n) is 17.4. The van der Waals surface area contributed by atoms with Crippen LogP contribution >= 0.6 is 0 Å². The van der Waals surface area contributed by atoms with Crippen molar-refractivity contribution >= 4 is 33.5 Å². The van der Waals surface area contributed by atoms with Gasteiger partial charge in [-0.3, -0.25) is 0 Å². The Kier molecular flexibility index (Phi) is 4.61. The van der Waals surface area contributed by atoms with Crippen LogP contribution in [-0.2, 0) is 13.6 Å². The lowest BCUT2D eigenvalue weighted by molar-refractivity contribution is 0.827. The number of rotatable bonds is 4. The minimum Gasteiger partial charge on any atom is -0.341 e. The number of aryl methyl sites for hydroxylation is 1. The van der Waals surface area contributed by atoms with Crippen molar-refractivity contribution in [3.63, 3.8) is 0 Å². The van der Waals surface area contributed by atoms with Crippen LogP contribution < -0.4 is 0 Å². The summed E-state index contributed by atoms with van der Waals surface area (Å²) in [4.78, 5) is 0. The molecule has 0 aliphatic carbocycles. The van der Waals surface area contributed by atoms with Crippen LogP contribution in [0.1, 0.15) is 18.3 Å². The van der Waals surface area contributed by atoms with Gasteiger partial charge in [-0.25, -0.2) is 0 Å². The van der Waals surface area contributed by atoms with Crippen molar-refractivity contribution < 1.29 is 0 Å². The van der Waals surface area contributed by atoms with E-state index in [0.29, 0.717) is 11.4 Å². The Hall–Kier alpha value is -4.17. The van der Waals surface area contributed by atoms with Gasteiger partial charge in [-0.2, -0.15) is 5.26 Å². The largest absolute Gasteiger partial charge is 0.341 e. The molecule has 2 aromatic heterocycles. The quantitative estimate of drug-likeness (QED) is 0.363. The number of para-hydroxylation sites is 1. The van der Waals surface area contributed by atoms with Gasteiger partial charge < -0.3 is 9.13 Å². The lowest BCUT2D eigenvalue weighted by Crippen LogP contribution is -1.98. The van der Waals surface area contributed by atoms with Crippen molar-refractivity contribution in [2.45, 2.75) is 13.5 Å². The molecule has 5 rings (SSSR count). The Balaban J connectivity index is 1.62. The SMILES string of the molecule is CCn1c2ccccc2c2cc(/C=C(\C#N)c3nnc(-c4ccccc4)n3C)ccc21. The van der Waals surface area contributed by atoms with E-state index in [0.717, 1.165) is 23.5 Å². The Morgan fingerprint density at radius 3 is 2.45 bits per heavy atom. The maximum Gasteiger partial charge on any atom is 0.174 e. The number of hydrogen-bond acceptors (Lipinski definition) is 3. The van der Waals surface area contributed by atoms with Crippen LogP contribution in [0.3, 0.4) is 0 Å². The van der Waals surface area contributed by atoms with Gasteiger partial charge in [0.25, 0.3) is 0 Å². The van der Waals surface area contributed by atoms with E-state index in [1.54, 1.807) is 0 Å². The highest BCUT2D eigenvalue weighted by Gasteiger charge is 2.15. The topological polar surface area (TPSA) is 59.4 Å². The molecular formula is C26H21N5. The van der Waals surface area contributed by atoms with Crippen LogP contribution in [0.15, 0.2) is 72.8 Å². The molecule has 0 bridgehead atoms. The molecule has 0 radical (unpaired) electrons. The second-order valence-electron chi connectivity index (χ2n) is 7.48. The summed E-state index contributed by atoms with van der Waals surface area (Å²) in [5.74, 6) is 1.29. The zero-order valence-corrected chi connectivity index (χ0v) is 17.4. The van der Waals surface area contributed by atoms with E-state index in [9.17, 15) is 5.26 Å². The predicted molar refractivity (Wildman–Crippen MR) is 125 cm³/mol. The number of benzene rings is 3. The van der Waals surface area contributed by atoms with Gasteiger partial charge in [-0.05, 0) is 36.8 Å². The first kappa shape index (κ1) is 18.8. The van der Waals surface area contributed by atoms with Gasteiger partial charge in [-0.15, -0.1) is 10.2 Å². The first-order valence-corrected chi connectivity index (χ1v) is 10.3. The monoisotopic (exact) mass is 403 g/mol. The van der Waals surface area contributed by atoms with Crippen molar-refractivity contribution in [3.05, 3.63) is 84.2 Å². The minimum atomic E-state index is 0.482. The summed E-state index contributed by atoms with van der Waals surface area (Å²) in [5, 5.41) is 20.9. The van der Waals surface area contributed by atoms with Crippen LogP contribution in [0.4, 0.5) is 0 Å². The van der Waals surface area contributed by atoms with Crippen molar-refractivity contribution in [1.82, 2.24) is 19.3 Å². The van der Waals surface area contributed by atoms with E-state index < -0.39 is 0 Å². The fraction of sp³-hybridized carbons (Fsp3) is 0.115. The summed E-state index contributed by atoms with van der Waals surface area (Å²) in [6.07, 6.45) is 1.89. The van der Waals surface area contributed by atoms with Gasteiger partial charge >= 0.3 is 0 Å². The summed E-state index contributed by atoms with van der Waals surface area (Å²) in [5.41, 5.74) is 4.84. The van der Waals surface area contributed by atoms with Gasteiger partial charge in [0.15, 0.2) is 11.6 Å². The Bertz CT molecular complexity index is 1480. The van der Waals surface area contributed by atoms with Gasteiger partial charge in [0.05, 0.1) is 5.57 Å². The van der Waals surface area contributed by atoms with Crippen molar-refractivity contribution in [3.8, 4) is 17.5 Å². The zero-order chi connectivity index (χ0) is 21.4. The molecule has 0 saturated heterocycles. The van der Waals surface area contributed by atoms with Gasteiger partial charge in [-0.1, -0.05) is 54.6 Å². The minimum absolute atomic E-state index is 0.482. The molecule has 0 amide bonds. The normalized spacial score (nSPS) is 11.8. The average Bonchev–Trinajstić information content (AvgIpc) is 3.35. The van der Waals surface area contributed by atoms with E-state index in [-0.39, 0.29) is 0 Å². The molecule has 150 valence electrons. The van der Waals surface area contributed by atoms with E-state index in [4.69, 9.17) is 0 Å². The van der Waals surface area contributed by atoms with E-state index in [1.807, 2.05) is 48.0 Å². The number of fused-ring (bicyclic) bond motifs is 3. The fourth-order valence-corrected chi connectivity index (χ4v) is 4.22. The Labute approximate surface area is 180 Å². The molecule has 0 atom stereocenters. The Morgan fingerprint density at radius 2 is 1.68 bits per heavy atom. The van der Waals surface area contributed by atoms with Crippen LogP contribution in [0.2, 0.25) is 0 Å². The van der Waals surface area contributed by atoms with Crippen LogP contribution in [0.5, 0.6) is 0 Å². The highest BCUT2D eigenvalue weighted by atomic mass is 15.3. The molecule has 0 aliphatic rings. The molecule has 5 heteroatoms. The molecule has 31 heavy (non-hydrogen) atoms. The highest BCUT2D eigenvalue weighted by molar-refractivity contribution is 6.09. The molecular weight excluding hydrogens is 382 g/mol. The lowest BCUT2D eigenvalue weighted by Gasteiger charge is -2.04. The summed E-state index contributed by atoms with van der Waals surface area (Å²) in [7, 11) is 1.89. The van der Waals surface area contributed by atoms with Crippen LogP contribution in [0.25, 0.3) is 44.8 Å². The summed E-state index contributed by atoms with van der Waals surface area (Å²) >= 11 is 0. The molecule has 0 unspecified atom stereocenters. The van der Waals surface area contributed by atoms with Crippen LogP contribution in [0, 0.1) is 11.3 Å². The molecule has 2 heterocycles. The van der Waals surface area contributed by atoms with Gasteiger partial charge in [0, 0.05) is 41.0 Å². The first-order valence-electron chi connectivity index (χ1n) is 10.3. The summed E-state index contributed by atoms with van der Waals surface area (Å²) in [6, 6.07) is 26.9. The van der Waals surface area contributed by atoms with E-state index in [2.05, 4.69) is 70.2 Å². The number of aromatic nitrogens is 4. The fourth-order valence-electron chi connectivity index (χ4n) is 4.22. The van der Waals surface area contributed by atoms with E-state index in [1.165, 1.54) is 21.8 Å². The summed E-state index contributed by atoms with van der Waals surface area (Å²) in [6.45, 7) is 3.07. The molecule has 0 aliphatic heterocycles. The molecule has 0 fully saturated rings. The number of nitriles is 1. The molecule has 3 aromatic carbocycles. The third-order valence-corrected chi connectivity index (χ3v) is 5.69. The third kappa shape index (κ3) is 3.10. The van der Waals surface area contributed by atoms with Gasteiger partial charge in [0.2, 0.25) is 0 Å². The first-order chi connectivity index (χ1) is 15.2. The Morgan fingerprint density at radius 1 is 0.935 bits per heavy atom. The molecule has 5 aromatic rings. The highest BCUT2D eigenvalue weighted by Crippen LogP contribution is 2.31. The standard InChI is InChI=1S/C26H21N5/c1-3-31-23-12-8-7-11-21(23)22-16-18(13-14-24(22)31)15-20(17-27)26-29-28-25(30(26)2)19-9-5-4-6-10-19/h4-16H,3H2,1-2H3/b20-15+. The van der Waals surface area contributed by atoms with Crippen molar-refractivity contribution in [2.75, 3.05) is 0 Å². The number of nitrogens with zero attached hydrogens (tertiary/aromatic N) is 5. The predicted octanol–water partition coefficient (Wildman–Crippen LogP) is 5.67. The van der Waals surface area contributed by atoms with Crippen molar-refractivity contribution in [2.24, 2.45) is 7.05 Å². The van der Waals surface area contributed by atoms with Crippen LogP contribution in [-0.4, -0.2) is 19.3 Å². The lowest BCUT2D eigenvalue weighted by atomic mass is 10.1. The second kappa shape index (κ2) is 7.58. The smallest absolute Gasteiger partial charge is 0.174 e. The van der Waals surface area contributed by atoms with Gasteiger partial charge in [0.1, 0.15) is 6.07 Å². The molecule has 0 N–H and O–H groups in total. The maximum atomic E-state index is 9.87. The second-order valence-corrected chi connectivity index (χ2v) is 7.48. The van der Waals surface area contributed by atoms with Crippen molar-refractivity contribution in [1.29, 1.82) is 5.26 Å². The van der Waals surface area contributed by atoms with E-state index >= 15 is 0 Å². The number of allylic oxidation sites excluding steroid dienone is 1. The molecule has 0 spiro atoms. The number of hydrogen-bond donors (Lipinski definition) is 0. The average molecular weight is 403 g/mol. The molecule has 0 saturated carbocycles. The third-order valence-electron chi connectivity index (χ3n) is 5.69.